The van der Waals surface area contributed by atoms with Crippen molar-refractivity contribution in [2.45, 2.75) is 52.1 Å². The first kappa shape index (κ1) is 13.1. The Balaban J connectivity index is 2.46. The maximum absolute atomic E-state index is 11.8. The fourth-order valence-electron chi connectivity index (χ4n) is 1.79. The molecule has 0 unspecified atom stereocenters. The van der Waals surface area contributed by atoms with E-state index in [9.17, 15) is 4.79 Å². The summed E-state index contributed by atoms with van der Waals surface area (Å²) >= 11 is 0. The Hall–Kier alpha value is -0.990. The van der Waals surface area contributed by atoms with Crippen molar-refractivity contribution >= 4 is 6.09 Å². The first-order valence-corrected chi connectivity index (χ1v) is 6.03. The zero-order chi connectivity index (χ0) is 12.2. The van der Waals surface area contributed by atoms with Crippen LogP contribution in [0, 0.1) is 0 Å². The summed E-state index contributed by atoms with van der Waals surface area (Å²) in [5.74, 6) is 0. The molecule has 0 radical (unpaired) electrons. The van der Waals surface area contributed by atoms with Crippen molar-refractivity contribution in [3.8, 4) is 0 Å². The summed E-state index contributed by atoms with van der Waals surface area (Å²) in [6, 6.07) is 0. The van der Waals surface area contributed by atoms with E-state index in [1.165, 1.54) is 5.57 Å². The minimum atomic E-state index is -0.400. The van der Waals surface area contributed by atoms with Gasteiger partial charge in [-0.15, -0.1) is 0 Å². The minimum Gasteiger partial charge on any atom is -0.444 e. The molecule has 1 aliphatic heterocycles. The SMILES string of the molecule is C=C1CCCN(C(=O)OC(C)(C)C)CCC1. The molecule has 1 aliphatic rings. The van der Waals surface area contributed by atoms with Gasteiger partial charge in [0, 0.05) is 13.1 Å². The first-order chi connectivity index (χ1) is 7.38. The molecule has 1 rings (SSSR count). The van der Waals surface area contributed by atoms with Gasteiger partial charge in [-0.1, -0.05) is 12.2 Å². The fraction of sp³-hybridized carbons (Fsp3) is 0.769. The van der Waals surface area contributed by atoms with E-state index in [0.717, 1.165) is 38.8 Å². The van der Waals surface area contributed by atoms with E-state index in [1.807, 2.05) is 25.7 Å². The van der Waals surface area contributed by atoms with Crippen molar-refractivity contribution in [3.05, 3.63) is 12.2 Å². The summed E-state index contributed by atoms with van der Waals surface area (Å²) in [6.45, 7) is 11.3. The largest absolute Gasteiger partial charge is 0.444 e. The standard InChI is InChI=1S/C13H23NO2/c1-11-7-5-9-14(10-6-8-11)12(15)16-13(2,3)4/h1,5-10H2,2-4H3. The van der Waals surface area contributed by atoms with Gasteiger partial charge in [0.05, 0.1) is 0 Å². The number of amides is 1. The molecule has 0 N–H and O–H groups in total. The number of hydrogen-bond donors (Lipinski definition) is 0. The number of nitrogens with zero attached hydrogens (tertiary/aromatic N) is 1. The number of hydrogen-bond acceptors (Lipinski definition) is 2. The molecule has 16 heavy (non-hydrogen) atoms. The topological polar surface area (TPSA) is 29.5 Å². The van der Waals surface area contributed by atoms with E-state index in [4.69, 9.17) is 4.74 Å². The second kappa shape index (κ2) is 5.37. The number of allylic oxidation sites excluding steroid dienone is 1. The second-order valence-corrected chi connectivity index (χ2v) is 5.42. The van der Waals surface area contributed by atoms with Gasteiger partial charge in [0.2, 0.25) is 0 Å². The van der Waals surface area contributed by atoms with Gasteiger partial charge in [-0.3, -0.25) is 0 Å². The lowest BCUT2D eigenvalue weighted by Crippen LogP contribution is -2.38. The third-order valence-electron chi connectivity index (χ3n) is 2.57. The molecule has 0 aromatic carbocycles. The summed E-state index contributed by atoms with van der Waals surface area (Å²) in [6.07, 6.45) is 3.87. The maximum Gasteiger partial charge on any atom is 0.410 e. The van der Waals surface area contributed by atoms with Gasteiger partial charge in [0.25, 0.3) is 0 Å². The fourth-order valence-corrected chi connectivity index (χ4v) is 1.79. The quantitative estimate of drug-likeness (QED) is 0.592. The third kappa shape index (κ3) is 4.69. The van der Waals surface area contributed by atoms with Gasteiger partial charge < -0.3 is 9.64 Å². The van der Waals surface area contributed by atoms with E-state index in [-0.39, 0.29) is 6.09 Å². The van der Waals surface area contributed by atoms with Crippen LogP contribution >= 0.6 is 0 Å². The summed E-state index contributed by atoms with van der Waals surface area (Å²) in [4.78, 5) is 13.7. The highest BCUT2D eigenvalue weighted by atomic mass is 16.6. The van der Waals surface area contributed by atoms with Gasteiger partial charge in [-0.25, -0.2) is 4.79 Å². The summed E-state index contributed by atoms with van der Waals surface area (Å²) < 4.78 is 5.36. The van der Waals surface area contributed by atoms with Crippen LogP contribution in [0.5, 0.6) is 0 Å². The molecule has 1 saturated heterocycles. The Morgan fingerprint density at radius 3 is 2.19 bits per heavy atom. The highest BCUT2D eigenvalue weighted by Crippen LogP contribution is 2.17. The Kier molecular flexibility index (Phi) is 4.39. The van der Waals surface area contributed by atoms with Crippen LogP contribution in [0.4, 0.5) is 4.79 Å². The molecule has 0 saturated carbocycles. The highest BCUT2D eigenvalue weighted by Gasteiger charge is 2.22. The van der Waals surface area contributed by atoms with Crippen molar-refractivity contribution in [3.63, 3.8) is 0 Å². The molecule has 0 aromatic heterocycles. The number of ether oxygens (including phenoxy) is 1. The van der Waals surface area contributed by atoms with Crippen LogP contribution in [0.25, 0.3) is 0 Å². The lowest BCUT2D eigenvalue weighted by molar-refractivity contribution is 0.0241. The Labute approximate surface area is 98.5 Å². The number of rotatable bonds is 0. The molecular weight excluding hydrogens is 202 g/mol. The summed E-state index contributed by atoms with van der Waals surface area (Å²) in [5, 5.41) is 0. The molecule has 0 spiro atoms. The number of carbonyl (C=O) groups is 1. The summed E-state index contributed by atoms with van der Waals surface area (Å²) in [7, 11) is 0. The molecule has 0 aromatic rings. The van der Waals surface area contributed by atoms with E-state index >= 15 is 0 Å². The molecule has 1 fully saturated rings. The summed E-state index contributed by atoms with van der Waals surface area (Å²) in [5.41, 5.74) is 0.909. The first-order valence-electron chi connectivity index (χ1n) is 6.03. The molecule has 1 amide bonds. The lowest BCUT2D eigenvalue weighted by atomic mass is 10.0. The Bertz CT molecular complexity index is 254. The van der Waals surface area contributed by atoms with Crippen LogP contribution in [-0.2, 0) is 4.74 Å². The zero-order valence-electron chi connectivity index (χ0n) is 10.7. The molecule has 0 atom stereocenters. The van der Waals surface area contributed by atoms with E-state index in [0.29, 0.717) is 0 Å². The molecule has 1 heterocycles. The van der Waals surface area contributed by atoms with Crippen LogP contribution in [0.3, 0.4) is 0 Å². The van der Waals surface area contributed by atoms with Crippen LogP contribution in [0.2, 0.25) is 0 Å². The van der Waals surface area contributed by atoms with E-state index in [2.05, 4.69) is 6.58 Å². The molecule has 3 heteroatoms. The molecule has 3 nitrogen and oxygen atoms in total. The zero-order valence-corrected chi connectivity index (χ0v) is 10.7. The minimum absolute atomic E-state index is 0.181. The van der Waals surface area contributed by atoms with Crippen LogP contribution in [0.1, 0.15) is 46.5 Å². The smallest absolute Gasteiger partial charge is 0.410 e. The molecular formula is C13H23NO2. The van der Waals surface area contributed by atoms with Crippen LogP contribution in [-0.4, -0.2) is 29.7 Å². The van der Waals surface area contributed by atoms with Crippen molar-refractivity contribution in [2.24, 2.45) is 0 Å². The van der Waals surface area contributed by atoms with Crippen LogP contribution < -0.4 is 0 Å². The van der Waals surface area contributed by atoms with Gasteiger partial charge in [0.1, 0.15) is 5.60 Å². The monoisotopic (exact) mass is 225 g/mol. The molecule has 0 aliphatic carbocycles. The maximum atomic E-state index is 11.8. The molecule has 92 valence electrons. The average molecular weight is 225 g/mol. The predicted octanol–water partition coefficient (Wildman–Crippen LogP) is 3.35. The lowest BCUT2D eigenvalue weighted by Gasteiger charge is -2.28. The van der Waals surface area contributed by atoms with Crippen molar-refractivity contribution in [1.82, 2.24) is 4.90 Å². The molecule has 0 bridgehead atoms. The highest BCUT2D eigenvalue weighted by molar-refractivity contribution is 5.68. The average Bonchev–Trinajstić information content (AvgIpc) is 2.07. The number of likely N-dealkylation sites (tertiary alicyclic amines) is 1. The van der Waals surface area contributed by atoms with Crippen molar-refractivity contribution < 1.29 is 9.53 Å². The van der Waals surface area contributed by atoms with Gasteiger partial charge in [-0.05, 0) is 46.5 Å². The van der Waals surface area contributed by atoms with Gasteiger partial charge in [-0.2, -0.15) is 0 Å². The predicted molar refractivity (Wildman–Crippen MR) is 65.4 cm³/mol. The van der Waals surface area contributed by atoms with Crippen molar-refractivity contribution in [1.29, 1.82) is 0 Å². The second-order valence-electron chi connectivity index (χ2n) is 5.42. The van der Waals surface area contributed by atoms with Crippen molar-refractivity contribution in [2.75, 3.05) is 13.1 Å². The van der Waals surface area contributed by atoms with Gasteiger partial charge >= 0.3 is 6.09 Å². The van der Waals surface area contributed by atoms with E-state index < -0.39 is 5.60 Å². The number of carbonyl (C=O) groups excluding carboxylic acids is 1. The normalized spacial score (nSPS) is 18.9. The Morgan fingerprint density at radius 2 is 1.75 bits per heavy atom. The van der Waals surface area contributed by atoms with Crippen LogP contribution in [0.15, 0.2) is 12.2 Å². The van der Waals surface area contributed by atoms with Gasteiger partial charge in [0.15, 0.2) is 0 Å². The van der Waals surface area contributed by atoms with E-state index in [1.54, 1.807) is 0 Å². The third-order valence-corrected chi connectivity index (χ3v) is 2.57. The Morgan fingerprint density at radius 1 is 1.25 bits per heavy atom.